The van der Waals surface area contributed by atoms with E-state index in [-0.39, 0.29) is 5.56 Å². The van der Waals surface area contributed by atoms with Crippen LogP contribution >= 0.6 is 0 Å². The van der Waals surface area contributed by atoms with E-state index in [0.717, 1.165) is 54.0 Å². The molecule has 0 radical (unpaired) electrons. The van der Waals surface area contributed by atoms with E-state index in [4.69, 9.17) is 4.74 Å². The predicted molar refractivity (Wildman–Crippen MR) is 102 cm³/mol. The van der Waals surface area contributed by atoms with E-state index >= 15 is 0 Å². The van der Waals surface area contributed by atoms with Crippen molar-refractivity contribution in [3.8, 4) is 5.75 Å². The van der Waals surface area contributed by atoms with Gasteiger partial charge >= 0.3 is 0 Å². The normalized spacial score (nSPS) is 18.3. The molecule has 3 aromatic rings. The van der Waals surface area contributed by atoms with Crippen molar-refractivity contribution < 1.29 is 4.74 Å². The number of fused-ring (bicyclic) bond motifs is 1. The Kier molecular flexibility index (Phi) is 4.75. The Morgan fingerprint density at radius 3 is 3.08 bits per heavy atom. The van der Waals surface area contributed by atoms with Gasteiger partial charge in [0.2, 0.25) is 0 Å². The molecule has 1 fully saturated rings. The van der Waals surface area contributed by atoms with Gasteiger partial charge in [-0.1, -0.05) is 0 Å². The summed E-state index contributed by atoms with van der Waals surface area (Å²) >= 11 is 0. The van der Waals surface area contributed by atoms with Crippen molar-refractivity contribution in [3.63, 3.8) is 0 Å². The molecule has 0 spiro atoms. The minimum absolute atomic E-state index is 0.0122. The zero-order chi connectivity index (χ0) is 17.9. The van der Waals surface area contributed by atoms with Gasteiger partial charge in [-0.15, -0.1) is 0 Å². The fourth-order valence-electron chi connectivity index (χ4n) is 3.77. The van der Waals surface area contributed by atoms with Crippen LogP contribution in [-0.2, 0) is 6.54 Å². The molecule has 2 N–H and O–H groups in total. The summed E-state index contributed by atoms with van der Waals surface area (Å²) in [5, 5.41) is 1.00. The van der Waals surface area contributed by atoms with Gasteiger partial charge in [-0.05, 0) is 50.6 Å². The average Bonchev–Trinajstić information content (AvgIpc) is 3.18. The van der Waals surface area contributed by atoms with Gasteiger partial charge in [0.15, 0.2) is 0 Å². The van der Waals surface area contributed by atoms with Crippen LogP contribution in [0.1, 0.15) is 37.1 Å². The molecule has 1 atom stereocenters. The first kappa shape index (κ1) is 16.8. The molecule has 1 aliphatic heterocycles. The van der Waals surface area contributed by atoms with Crippen LogP contribution in [0, 0.1) is 0 Å². The first-order valence-electron chi connectivity index (χ1n) is 9.23. The lowest BCUT2D eigenvalue weighted by Gasteiger charge is -2.31. The maximum atomic E-state index is 12.5. The maximum Gasteiger partial charge on any atom is 0.252 e. The monoisotopic (exact) mass is 352 g/mol. The SMILES string of the molecule is CCOc1ccc2[nH]c(=O)c(CN3CCCC(c4ncc[nH]4)C3)cc2c1. The summed E-state index contributed by atoms with van der Waals surface area (Å²) in [6.45, 7) is 5.18. The van der Waals surface area contributed by atoms with Crippen molar-refractivity contribution in [3.05, 3.63) is 58.4 Å². The standard InChI is InChI=1S/C20H24N4O2/c1-2-26-17-5-6-18-15(11-17)10-16(20(25)23-18)13-24-9-3-4-14(12-24)19-21-7-8-22-19/h5-8,10-11,14H,2-4,9,12-13H2,1H3,(H,21,22)(H,23,25). The van der Waals surface area contributed by atoms with Gasteiger partial charge in [0.1, 0.15) is 11.6 Å². The minimum Gasteiger partial charge on any atom is -0.494 e. The summed E-state index contributed by atoms with van der Waals surface area (Å²) in [4.78, 5) is 25.5. The van der Waals surface area contributed by atoms with Crippen LogP contribution in [0.4, 0.5) is 0 Å². The van der Waals surface area contributed by atoms with E-state index < -0.39 is 0 Å². The number of likely N-dealkylation sites (tertiary alicyclic amines) is 1. The van der Waals surface area contributed by atoms with Gasteiger partial charge in [-0.25, -0.2) is 4.98 Å². The molecular formula is C20H24N4O2. The van der Waals surface area contributed by atoms with E-state index in [2.05, 4.69) is 19.9 Å². The molecule has 1 aromatic carbocycles. The number of nitrogens with zero attached hydrogens (tertiary/aromatic N) is 2. The van der Waals surface area contributed by atoms with E-state index in [0.29, 0.717) is 19.1 Å². The van der Waals surface area contributed by atoms with E-state index in [1.807, 2.05) is 37.4 Å². The third-order valence-electron chi connectivity index (χ3n) is 5.01. The number of nitrogens with one attached hydrogen (secondary N) is 2. The Balaban J connectivity index is 1.55. The lowest BCUT2D eigenvalue weighted by molar-refractivity contribution is 0.196. The molecule has 0 saturated carbocycles. The van der Waals surface area contributed by atoms with Crippen LogP contribution in [0.15, 0.2) is 41.5 Å². The van der Waals surface area contributed by atoms with Crippen LogP contribution in [0.3, 0.4) is 0 Å². The van der Waals surface area contributed by atoms with Gasteiger partial charge in [0.05, 0.1) is 6.61 Å². The smallest absolute Gasteiger partial charge is 0.252 e. The van der Waals surface area contributed by atoms with Crippen LogP contribution in [0.5, 0.6) is 5.75 Å². The number of rotatable bonds is 5. The van der Waals surface area contributed by atoms with Crippen molar-refractivity contribution >= 4 is 10.9 Å². The van der Waals surface area contributed by atoms with Crippen molar-refractivity contribution in [1.29, 1.82) is 0 Å². The number of ether oxygens (including phenoxy) is 1. The second-order valence-electron chi connectivity index (χ2n) is 6.85. The summed E-state index contributed by atoms with van der Waals surface area (Å²) in [5.74, 6) is 2.28. The van der Waals surface area contributed by atoms with Crippen LogP contribution in [0.2, 0.25) is 0 Å². The molecule has 6 nitrogen and oxygen atoms in total. The quantitative estimate of drug-likeness (QED) is 0.740. The lowest BCUT2D eigenvalue weighted by Crippen LogP contribution is -2.35. The highest BCUT2D eigenvalue weighted by atomic mass is 16.5. The molecule has 4 rings (SSSR count). The van der Waals surface area contributed by atoms with Gasteiger partial charge in [-0.2, -0.15) is 0 Å². The third kappa shape index (κ3) is 3.51. The first-order valence-corrected chi connectivity index (χ1v) is 9.23. The molecular weight excluding hydrogens is 328 g/mol. The average molecular weight is 352 g/mol. The number of imidazole rings is 1. The van der Waals surface area contributed by atoms with Crippen LogP contribution < -0.4 is 10.3 Å². The molecule has 1 saturated heterocycles. The molecule has 136 valence electrons. The number of H-pyrrole nitrogens is 2. The number of aromatic amines is 2. The first-order chi connectivity index (χ1) is 12.7. The molecule has 0 amide bonds. The zero-order valence-corrected chi connectivity index (χ0v) is 15.0. The fourth-order valence-corrected chi connectivity index (χ4v) is 3.77. The number of aromatic nitrogens is 3. The summed E-state index contributed by atoms with van der Waals surface area (Å²) in [6.07, 6.45) is 5.93. The molecule has 3 heterocycles. The largest absolute Gasteiger partial charge is 0.494 e. The molecule has 6 heteroatoms. The molecule has 1 aliphatic rings. The van der Waals surface area contributed by atoms with Gasteiger partial charge in [0.25, 0.3) is 5.56 Å². The second kappa shape index (κ2) is 7.33. The highest BCUT2D eigenvalue weighted by Crippen LogP contribution is 2.25. The van der Waals surface area contributed by atoms with E-state index in [1.165, 1.54) is 0 Å². The van der Waals surface area contributed by atoms with Crippen molar-refractivity contribution in [2.24, 2.45) is 0 Å². The van der Waals surface area contributed by atoms with E-state index in [9.17, 15) is 4.79 Å². The number of hydrogen-bond donors (Lipinski definition) is 2. The molecule has 0 bridgehead atoms. The number of piperidine rings is 1. The highest BCUT2D eigenvalue weighted by molar-refractivity contribution is 5.80. The highest BCUT2D eigenvalue weighted by Gasteiger charge is 2.23. The number of benzene rings is 1. The Labute approximate surface area is 152 Å². The molecule has 0 aliphatic carbocycles. The Morgan fingerprint density at radius 1 is 1.35 bits per heavy atom. The number of pyridine rings is 1. The van der Waals surface area contributed by atoms with Crippen molar-refractivity contribution in [1.82, 2.24) is 19.9 Å². The van der Waals surface area contributed by atoms with E-state index in [1.54, 1.807) is 6.20 Å². The molecule has 2 aromatic heterocycles. The summed E-state index contributed by atoms with van der Waals surface area (Å²) < 4.78 is 5.58. The Bertz CT molecular complexity index is 933. The lowest BCUT2D eigenvalue weighted by atomic mass is 9.97. The second-order valence-corrected chi connectivity index (χ2v) is 6.85. The van der Waals surface area contributed by atoms with Gasteiger partial charge < -0.3 is 14.7 Å². The predicted octanol–water partition coefficient (Wildman–Crippen LogP) is 3.03. The van der Waals surface area contributed by atoms with Crippen LogP contribution in [-0.4, -0.2) is 39.5 Å². The Morgan fingerprint density at radius 2 is 2.27 bits per heavy atom. The Hall–Kier alpha value is -2.60. The topological polar surface area (TPSA) is 74.0 Å². The third-order valence-corrected chi connectivity index (χ3v) is 5.01. The summed E-state index contributed by atoms with van der Waals surface area (Å²) in [5.41, 5.74) is 1.63. The van der Waals surface area contributed by atoms with Crippen molar-refractivity contribution in [2.45, 2.75) is 32.2 Å². The van der Waals surface area contributed by atoms with Crippen molar-refractivity contribution in [2.75, 3.05) is 19.7 Å². The zero-order valence-electron chi connectivity index (χ0n) is 15.0. The van der Waals surface area contributed by atoms with Gasteiger partial charge in [-0.3, -0.25) is 9.69 Å². The van der Waals surface area contributed by atoms with Crippen LogP contribution in [0.25, 0.3) is 10.9 Å². The number of hydrogen-bond acceptors (Lipinski definition) is 4. The fraction of sp³-hybridized carbons (Fsp3) is 0.400. The maximum absolute atomic E-state index is 12.5. The molecule has 26 heavy (non-hydrogen) atoms. The van der Waals surface area contributed by atoms with Gasteiger partial charge in [0, 0.05) is 47.9 Å². The summed E-state index contributed by atoms with van der Waals surface area (Å²) in [7, 11) is 0. The summed E-state index contributed by atoms with van der Waals surface area (Å²) in [6, 6.07) is 7.77. The molecule has 1 unspecified atom stereocenters. The minimum atomic E-state index is -0.0122.